The largest absolute Gasteiger partial charge is 0.154 e. The minimum absolute atomic E-state index is 0.930. The van der Waals surface area contributed by atoms with Gasteiger partial charge in [-0.15, -0.1) is 0 Å². The maximum atomic E-state index is 2.34. The van der Waals surface area contributed by atoms with E-state index in [-0.39, 0.29) is 0 Å². The highest BCUT2D eigenvalue weighted by molar-refractivity contribution is 6.95. The van der Waals surface area contributed by atoms with Crippen molar-refractivity contribution in [2.45, 2.75) is 13.8 Å². The number of hydrogen-bond donors (Lipinski definition) is 0. The van der Waals surface area contributed by atoms with Gasteiger partial charge in [-0.05, 0) is 19.0 Å². The smallest absolute Gasteiger partial charge is 0.0624 e. The Morgan fingerprint density at radius 1 is 0.619 bits per heavy atom. The van der Waals surface area contributed by atoms with Crippen molar-refractivity contribution in [3.8, 4) is 0 Å². The lowest BCUT2D eigenvalue weighted by atomic mass is 10.2. The summed E-state index contributed by atoms with van der Waals surface area (Å²) in [5.74, 6) is 0. The van der Waals surface area contributed by atoms with Gasteiger partial charge in [0.2, 0.25) is 0 Å². The molecule has 3 aromatic rings. The van der Waals surface area contributed by atoms with E-state index in [0.717, 1.165) is 0 Å². The summed E-state index contributed by atoms with van der Waals surface area (Å²) in [6.45, 7) is 4.39. The topological polar surface area (TPSA) is 0 Å². The molecule has 0 bridgehead atoms. The van der Waals surface area contributed by atoms with Crippen molar-refractivity contribution in [1.82, 2.24) is 0 Å². The highest BCUT2D eigenvalue weighted by Crippen LogP contribution is 2.01. The molecule has 0 unspecified atom stereocenters. The molecule has 0 aliphatic carbocycles. The first kappa shape index (κ1) is 13.8. The fraction of sp³-hybridized carbons (Fsp3) is 0.100. The molecule has 1 radical (unpaired) electrons. The lowest BCUT2D eigenvalue weighted by Gasteiger charge is -2.19. The zero-order valence-corrected chi connectivity index (χ0v) is 13.5. The summed E-state index contributed by atoms with van der Waals surface area (Å²) in [4.78, 5) is 0. The van der Waals surface area contributed by atoms with Crippen LogP contribution in [0, 0.1) is 13.8 Å². The number of rotatable bonds is 3. The SMILES string of the molecule is Cc1cccc([Si](c2ccccc2)c2ccccc2C)c1. The highest BCUT2D eigenvalue weighted by Gasteiger charge is 2.20. The molecule has 0 N–H and O–H groups in total. The van der Waals surface area contributed by atoms with Gasteiger partial charge in [-0.25, -0.2) is 0 Å². The lowest BCUT2D eigenvalue weighted by Crippen LogP contribution is -2.52. The predicted octanol–water partition coefficient (Wildman–Crippen LogP) is 2.82. The van der Waals surface area contributed by atoms with E-state index >= 15 is 0 Å². The fourth-order valence-corrected chi connectivity index (χ4v) is 5.59. The molecular weight excluding hydrogens is 268 g/mol. The van der Waals surface area contributed by atoms with Crippen molar-refractivity contribution < 1.29 is 0 Å². The van der Waals surface area contributed by atoms with E-state index in [9.17, 15) is 0 Å². The minimum Gasteiger partial charge on any atom is -0.0624 e. The van der Waals surface area contributed by atoms with E-state index < -0.39 is 8.80 Å². The Hall–Kier alpha value is -2.12. The molecule has 0 heterocycles. The molecule has 3 rings (SSSR count). The molecule has 0 fully saturated rings. The summed E-state index contributed by atoms with van der Waals surface area (Å²) in [5, 5.41) is 4.39. The zero-order valence-electron chi connectivity index (χ0n) is 12.5. The van der Waals surface area contributed by atoms with Crippen LogP contribution in [0.25, 0.3) is 0 Å². The first-order valence-corrected chi connectivity index (χ1v) is 8.81. The van der Waals surface area contributed by atoms with Gasteiger partial charge in [0, 0.05) is 0 Å². The molecule has 0 atom stereocenters. The minimum atomic E-state index is -0.930. The standard InChI is InChI=1S/C20H19Si/c1-16-9-8-13-19(15-16)21(18-11-4-3-5-12-18)20-14-7-6-10-17(20)2/h3-15H,1-2H3. The van der Waals surface area contributed by atoms with Crippen LogP contribution in [0.3, 0.4) is 0 Å². The van der Waals surface area contributed by atoms with Crippen molar-refractivity contribution >= 4 is 24.4 Å². The van der Waals surface area contributed by atoms with E-state index in [2.05, 4.69) is 92.7 Å². The quantitative estimate of drug-likeness (QED) is 0.513. The Balaban J connectivity index is 2.19. The molecule has 0 aromatic heterocycles. The Morgan fingerprint density at radius 2 is 1.29 bits per heavy atom. The molecule has 21 heavy (non-hydrogen) atoms. The summed E-state index contributed by atoms with van der Waals surface area (Å²) in [6, 6.07) is 28.7. The second kappa shape index (κ2) is 6.11. The van der Waals surface area contributed by atoms with Crippen LogP contribution in [0.2, 0.25) is 0 Å². The monoisotopic (exact) mass is 287 g/mol. The molecule has 0 nitrogen and oxygen atoms in total. The van der Waals surface area contributed by atoms with Gasteiger partial charge in [-0.3, -0.25) is 0 Å². The van der Waals surface area contributed by atoms with E-state index in [1.807, 2.05) is 0 Å². The number of benzene rings is 3. The van der Waals surface area contributed by atoms with Gasteiger partial charge in [0.05, 0.1) is 0 Å². The Bertz CT molecular complexity index is 732. The highest BCUT2D eigenvalue weighted by atomic mass is 28.3. The first-order valence-electron chi connectivity index (χ1n) is 7.31. The Labute approximate surface area is 128 Å². The van der Waals surface area contributed by atoms with Crippen LogP contribution in [0.15, 0.2) is 78.9 Å². The van der Waals surface area contributed by atoms with Gasteiger partial charge < -0.3 is 0 Å². The van der Waals surface area contributed by atoms with Crippen LogP contribution in [-0.2, 0) is 0 Å². The normalized spacial score (nSPS) is 10.8. The third kappa shape index (κ3) is 2.98. The van der Waals surface area contributed by atoms with Crippen LogP contribution < -0.4 is 15.6 Å². The van der Waals surface area contributed by atoms with Gasteiger partial charge in [-0.2, -0.15) is 0 Å². The Kier molecular flexibility index (Phi) is 4.02. The van der Waals surface area contributed by atoms with Crippen LogP contribution >= 0.6 is 0 Å². The molecule has 0 spiro atoms. The van der Waals surface area contributed by atoms with Gasteiger partial charge in [0.25, 0.3) is 0 Å². The third-order valence-corrected chi connectivity index (χ3v) is 6.68. The zero-order chi connectivity index (χ0) is 14.7. The average Bonchev–Trinajstić information content (AvgIpc) is 2.51. The van der Waals surface area contributed by atoms with E-state index in [4.69, 9.17) is 0 Å². The third-order valence-electron chi connectivity index (χ3n) is 3.78. The first-order chi connectivity index (χ1) is 10.3. The molecule has 0 amide bonds. The molecule has 0 saturated heterocycles. The fourth-order valence-electron chi connectivity index (χ4n) is 2.74. The van der Waals surface area contributed by atoms with E-state index in [1.165, 1.54) is 26.7 Å². The molecule has 3 aromatic carbocycles. The molecule has 0 aliphatic rings. The number of aryl methyl sites for hydroxylation is 2. The van der Waals surface area contributed by atoms with Crippen LogP contribution in [-0.4, -0.2) is 8.80 Å². The van der Waals surface area contributed by atoms with Crippen molar-refractivity contribution in [3.05, 3.63) is 90.0 Å². The van der Waals surface area contributed by atoms with Crippen LogP contribution in [0.4, 0.5) is 0 Å². The number of hydrogen-bond acceptors (Lipinski definition) is 0. The summed E-state index contributed by atoms with van der Waals surface area (Å²) >= 11 is 0. The van der Waals surface area contributed by atoms with Gasteiger partial charge >= 0.3 is 0 Å². The van der Waals surface area contributed by atoms with E-state index in [0.29, 0.717) is 0 Å². The second-order valence-corrected chi connectivity index (χ2v) is 7.87. The van der Waals surface area contributed by atoms with Crippen LogP contribution in [0.5, 0.6) is 0 Å². The molecule has 1 heteroatoms. The van der Waals surface area contributed by atoms with Crippen molar-refractivity contribution in [3.63, 3.8) is 0 Å². The van der Waals surface area contributed by atoms with E-state index in [1.54, 1.807) is 0 Å². The second-order valence-electron chi connectivity index (χ2n) is 5.43. The average molecular weight is 287 g/mol. The molecule has 0 saturated carbocycles. The van der Waals surface area contributed by atoms with Crippen molar-refractivity contribution in [2.24, 2.45) is 0 Å². The Morgan fingerprint density at radius 3 is 2.00 bits per heavy atom. The van der Waals surface area contributed by atoms with Crippen molar-refractivity contribution in [1.29, 1.82) is 0 Å². The van der Waals surface area contributed by atoms with Crippen molar-refractivity contribution in [2.75, 3.05) is 0 Å². The molecule has 0 aliphatic heterocycles. The summed E-state index contributed by atoms with van der Waals surface area (Å²) in [6.07, 6.45) is 0. The maximum absolute atomic E-state index is 2.34. The maximum Gasteiger partial charge on any atom is 0.154 e. The summed E-state index contributed by atoms with van der Waals surface area (Å²) in [7, 11) is -0.930. The van der Waals surface area contributed by atoms with Gasteiger partial charge in [0.1, 0.15) is 0 Å². The molecule has 103 valence electrons. The van der Waals surface area contributed by atoms with Crippen LogP contribution in [0.1, 0.15) is 11.1 Å². The lowest BCUT2D eigenvalue weighted by molar-refractivity contribution is 1.49. The van der Waals surface area contributed by atoms with Gasteiger partial charge in [-0.1, -0.05) is 100 Å². The summed E-state index contributed by atoms with van der Waals surface area (Å²) < 4.78 is 0. The molecular formula is C20H19Si. The summed E-state index contributed by atoms with van der Waals surface area (Å²) in [5.41, 5.74) is 2.72. The van der Waals surface area contributed by atoms with Gasteiger partial charge in [0.15, 0.2) is 8.80 Å². The predicted molar refractivity (Wildman–Crippen MR) is 93.5 cm³/mol.